The van der Waals surface area contributed by atoms with Crippen LogP contribution in [0.5, 0.6) is 0 Å². The van der Waals surface area contributed by atoms with Gasteiger partial charge in [0.2, 0.25) is 0 Å². The molecule has 1 atom stereocenters. The van der Waals surface area contributed by atoms with Crippen LogP contribution in [0.4, 0.5) is 5.82 Å². The van der Waals surface area contributed by atoms with Crippen LogP contribution in [-0.4, -0.2) is 58.7 Å². The number of likely N-dealkylation sites (N-methyl/N-ethyl adjacent to an activating group) is 1. The minimum Gasteiger partial charge on any atom is -0.480 e. The summed E-state index contributed by atoms with van der Waals surface area (Å²) in [6, 6.07) is 7.10. The lowest BCUT2D eigenvalue weighted by Crippen LogP contribution is -2.55. The SMILES string of the molecule is CN1CCN(c2ncnc3ccccc23)C(C(=O)O)C1. The molecule has 0 radical (unpaired) electrons. The predicted molar refractivity (Wildman–Crippen MR) is 75.8 cm³/mol. The zero-order chi connectivity index (χ0) is 14.1. The average Bonchev–Trinajstić information content (AvgIpc) is 2.46. The van der Waals surface area contributed by atoms with E-state index in [0.29, 0.717) is 18.9 Å². The van der Waals surface area contributed by atoms with Crippen molar-refractivity contribution in [3.8, 4) is 0 Å². The topological polar surface area (TPSA) is 69.6 Å². The Morgan fingerprint density at radius 1 is 1.30 bits per heavy atom. The Morgan fingerprint density at radius 2 is 2.10 bits per heavy atom. The number of carboxylic acid groups (broad SMARTS) is 1. The van der Waals surface area contributed by atoms with E-state index >= 15 is 0 Å². The number of carbonyl (C=O) groups is 1. The Balaban J connectivity index is 2.07. The summed E-state index contributed by atoms with van der Waals surface area (Å²) < 4.78 is 0. The van der Waals surface area contributed by atoms with E-state index in [2.05, 4.69) is 9.97 Å². The van der Waals surface area contributed by atoms with Gasteiger partial charge in [-0.15, -0.1) is 0 Å². The summed E-state index contributed by atoms with van der Waals surface area (Å²) in [5.41, 5.74) is 0.834. The molecule has 1 saturated heterocycles. The van der Waals surface area contributed by atoms with Crippen LogP contribution >= 0.6 is 0 Å². The van der Waals surface area contributed by atoms with Gasteiger partial charge in [-0.25, -0.2) is 14.8 Å². The molecule has 0 amide bonds. The number of aromatic nitrogens is 2. The number of hydrogen-bond acceptors (Lipinski definition) is 5. The molecule has 0 spiro atoms. The van der Waals surface area contributed by atoms with Crippen molar-refractivity contribution in [2.24, 2.45) is 0 Å². The third-order valence-corrected chi connectivity index (χ3v) is 3.66. The average molecular weight is 272 g/mol. The monoisotopic (exact) mass is 272 g/mol. The quantitative estimate of drug-likeness (QED) is 0.873. The zero-order valence-corrected chi connectivity index (χ0v) is 11.2. The van der Waals surface area contributed by atoms with Gasteiger partial charge in [0.15, 0.2) is 0 Å². The first-order chi connectivity index (χ1) is 9.66. The van der Waals surface area contributed by atoms with E-state index in [0.717, 1.165) is 17.4 Å². The summed E-state index contributed by atoms with van der Waals surface area (Å²) in [5, 5.41) is 10.3. The standard InChI is InChI=1S/C14H16N4O2/c1-17-6-7-18(12(8-17)14(19)20)13-10-4-2-3-5-11(10)15-9-16-13/h2-5,9,12H,6-8H2,1H3,(H,19,20). The van der Waals surface area contributed by atoms with Gasteiger partial charge in [-0.3, -0.25) is 0 Å². The number of fused-ring (bicyclic) bond motifs is 1. The lowest BCUT2D eigenvalue weighted by atomic mass is 10.1. The molecule has 6 nitrogen and oxygen atoms in total. The Bertz CT molecular complexity index is 641. The van der Waals surface area contributed by atoms with Crippen LogP contribution < -0.4 is 4.90 Å². The normalized spacial score (nSPS) is 20.2. The predicted octanol–water partition coefficient (Wildman–Crippen LogP) is 0.835. The maximum Gasteiger partial charge on any atom is 0.327 e. The second kappa shape index (κ2) is 5.05. The third kappa shape index (κ3) is 2.18. The Kier molecular flexibility index (Phi) is 3.23. The molecule has 1 fully saturated rings. The van der Waals surface area contributed by atoms with Gasteiger partial charge < -0.3 is 14.9 Å². The lowest BCUT2D eigenvalue weighted by molar-refractivity contribution is -0.139. The van der Waals surface area contributed by atoms with E-state index in [4.69, 9.17) is 0 Å². The van der Waals surface area contributed by atoms with Gasteiger partial charge in [-0.1, -0.05) is 12.1 Å². The van der Waals surface area contributed by atoms with E-state index < -0.39 is 12.0 Å². The second-order valence-corrected chi connectivity index (χ2v) is 5.02. The molecule has 1 aromatic carbocycles. The highest BCUT2D eigenvalue weighted by atomic mass is 16.4. The molecule has 1 aliphatic rings. The fourth-order valence-electron chi connectivity index (χ4n) is 2.60. The van der Waals surface area contributed by atoms with E-state index in [-0.39, 0.29) is 0 Å². The van der Waals surface area contributed by atoms with Gasteiger partial charge in [-0.2, -0.15) is 0 Å². The Hall–Kier alpha value is -2.21. The van der Waals surface area contributed by atoms with Crippen LogP contribution in [-0.2, 0) is 4.79 Å². The molecular weight excluding hydrogens is 256 g/mol. The molecule has 0 bridgehead atoms. The van der Waals surface area contributed by atoms with Crippen molar-refractivity contribution in [3.63, 3.8) is 0 Å². The number of carboxylic acids is 1. The number of nitrogens with zero attached hydrogens (tertiary/aromatic N) is 4. The highest BCUT2D eigenvalue weighted by Gasteiger charge is 2.32. The molecule has 20 heavy (non-hydrogen) atoms. The Morgan fingerprint density at radius 3 is 2.90 bits per heavy atom. The summed E-state index contributed by atoms with van der Waals surface area (Å²) in [6.07, 6.45) is 1.49. The van der Waals surface area contributed by atoms with Gasteiger partial charge in [-0.05, 0) is 19.2 Å². The fraction of sp³-hybridized carbons (Fsp3) is 0.357. The first kappa shape index (κ1) is 12.8. The first-order valence-corrected chi connectivity index (χ1v) is 6.54. The lowest BCUT2D eigenvalue weighted by Gasteiger charge is -2.38. The van der Waals surface area contributed by atoms with Crippen LogP contribution in [0.25, 0.3) is 10.9 Å². The van der Waals surface area contributed by atoms with Crippen molar-refractivity contribution >= 4 is 22.7 Å². The van der Waals surface area contributed by atoms with Gasteiger partial charge in [0.1, 0.15) is 18.2 Å². The van der Waals surface area contributed by atoms with Crippen molar-refractivity contribution in [2.45, 2.75) is 6.04 Å². The first-order valence-electron chi connectivity index (χ1n) is 6.54. The summed E-state index contributed by atoms with van der Waals surface area (Å²) >= 11 is 0. The van der Waals surface area contributed by atoms with Crippen LogP contribution in [0.3, 0.4) is 0 Å². The smallest absolute Gasteiger partial charge is 0.327 e. The highest BCUT2D eigenvalue weighted by molar-refractivity contribution is 5.91. The van der Waals surface area contributed by atoms with Crippen LogP contribution in [0.2, 0.25) is 0 Å². The van der Waals surface area contributed by atoms with Crippen LogP contribution in [0.1, 0.15) is 0 Å². The number of aliphatic carboxylic acids is 1. The molecule has 1 aliphatic heterocycles. The van der Waals surface area contributed by atoms with E-state index in [9.17, 15) is 9.90 Å². The molecular formula is C14H16N4O2. The summed E-state index contributed by atoms with van der Waals surface area (Å²) in [7, 11) is 1.94. The molecule has 6 heteroatoms. The summed E-state index contributed by atoms with van der Waals surface area (Å²) in [4.78, 5) is 23.9. The minimum absolute atomic E-state index is 0.494. The van der Waals surface area contributed by atoms with Gasteiger partial charge in [0.25, 0.3) is 0 Å². The third-order valence-electron chi connectivity index (χ3n) is 3.66. The van der Waals surface area contributed by atoms with E-state index in [1.54, 1.807) is 0 Å². The van der Waals surface area contributed by atoms with Crippen molar-refractivity contribution in [2.75, 3.05) is 31.6 Å². The Labute approximate surface area is 116 Å². The van der Waals surface area contributed by atoms with Crippen molar-refractivity contribution in [1.29, 1.82) is 0 Å². The van der Waals surface area contributed by atoms with Gasteiger partial charge >= 0.3 is 5.97 Å². The number of rotatable bonds is 2. The maximum atomic E-state index is 11.5. The van der Waals surface area contributed by atoms with Crippen LogP contribution in [0, 0.1) is 0 Å². The maximum absolute atomic E-state index is 11.5. The van der Waals surface area contributed by atoms with Crippen molar-refractivity contribution in [1.82, 2.24) is 14.9 Å². The molecule has 104 valence electrons. The number of hydrogen-bond donors (Lipinski definition) is 1. The van der Waals surface area contributed by atoms with Crippen molar-refractivity contribution < 1.29 is 9.90 Å². The highest BCUT2D eigenvalue weighted by Crippen LogP contribution is 2.25. The van der Waals surface area contributed by atoms with Gasteiger partial charge in [0, 0.05) is 25.0 Å². The molecule has 1 aromatic heterocycles. The molecule has 0 aliphatic carbocycles. The molecule has 2 heterocycles. The number of anilines is 1. The van der Waals surface area contributed by atoms with Gasteiger partial charge in [0.05, 0.1) is 5.52 Å². The largest absolute Gasteiger partial charge is 0.480 e. The zero-order valence-electron chi connectivity index (χ0n) is 11.2. The second-order valence-electron chi connectivity index (χ2n) is 5.02. The number of benzene rings is 1. The molecule has 1 N–H and O–H groups in total. The van der Waals surface area contributed by atoms with E-state index in [1.807, 2.05) is 41.1 Å². The summed E-state index contributed by atoms with van der Waals surface area (Å²) in [5.74, 6) is -0.115. The molecule has 3 rings (SSSR count). The van der Waals surface area contributed by atoms with E-state index in [1.165, 1.54) is 6.33 Å². The minimum atomic E-state index is -0.820. The van der Waals surface area contributed by atoms with Crippen molar-refractivity contribution in [3.05, 3.63) is 30.6 Å². The molecule has 0 saturated carbocycles. The van der Waals surface area contributed by atoms with Crippen LogP contribution in [0.15, 0.2) is 30.6 Å². The summed E-state index contributed by atoms with van der Waals surface area (Å²) in [6.45, 7) is 1.96. The number of piperazine rings is 1. The fourth-order valence-corrected chi connectivity index (χ4v) is 2.60. The number of para-hydroxylation sites is 1. The molecule has 2 aromatic rings. The molecule has 1 unspecified atom stereocenters.